The van der Waals surface area contributed by atoms with Crippen molar-refractivity contribution in [3.63, 3.8) is 0 Å². The molecule has 1 saturated heterocycles. The molecule has 0 aromatic heterocycles. The van der Waals surface area contributed by atoms with Crippen molar-refractivity contribution in [1.82, 2.24) is 9.80 Å². The van der Waals surface area contributed by atoms with Gasteiger partial charge in [-0.1, -0.05) is 60.7 Å². The van der Waals surface area contributed by atoms with Crippen molar-refractivity contribution in [3.05, 3.63) is 107 Å². The molecule has 9 heteroatoms. The number of carbonyl (C=O) groups excluding carboxylic acids is 2. The Kier molecular flexibility index (Phi) is 9.73. The molecule has 1 N–H and O–H groups in total. The van der Waals surface area contributed by atoms with Crippen LogP contribution in [0.2, 0.25) is 0 Å². The number of halogens is 2. The summed E-state index contributed by atoms with van der Waals surface area (Å²) in [6, 6.07) is 20.2. The van der Waals surface area contributed by atoms with Gasteiger partial charge in [-0.05, 0) is 44.9 Å². The number of carbonyl (C=O) groups is 2. The van der Waals surface area contributed by atoms with Gasteiger partial charge in [0, 0.05) is 43.8 Å². The van der Waals surface area contributed by atoms with E-state index < -0.39 is 41.5 Å². The quantitative estimate of drug-likeness (QED) is 0.390. The number of nitrogens with zero attached hydrogens (tertiary/aromatic N) is 3. The Bertz CT molecular complexity index is 1350. The molecule has 1 fully saturated rings. The van der Waals surface area contributed by atoms with E-state index in [-0.39, 0.29) is 32.0 Å². The van der Waals surface area contributed by atoms with Crippen molar-refractivity contribution in [3.8, 4) is 0 Å². The smallest absolute Gasteiger partial charge is 0.410 e. The van der Waals surface area contributed by atoms with Crippen LogP contribution in [0.25, 0.3) is 0 Å². The van der Waals surface area contributed by atoms with Crippen LogP contribution < -0.4 is 0 Å². The summed E-state index contributed by atoms with van der Waals surface area (Å²) in [6.45, 7) is 7.15. The highest BCUT2D eigenvalue weighted by atomic mass is 19.1. The Balaban J connectivity index is 1.82. The molecule has 4 rings (SSSR count). The van der Waals surface area contributed by atoms with E-state index in [9.17, 15) is 23.5 Å². The van der Waals surface area contributed by atoms with Crippen LogP contribution in [0, 0.1) is 11.6 Å². The molecule has 0 aliphatic carbocycles. The van der Waals surface area contributed by atoms with Gasteiger partial charge >= 0.3 is 6.09 Å². The van der Waals surface area contributed by atoms with Gasteiger partial charge in [-0.3, -0.25) is 14.7 Å². The van der Waals surface area contributed by atoms with Gasteiger partial charge < -0.3 is 14.7 Å². The van der Waals surface area contributed by atoms with E-state index in [0.717, 1.165) is 17.2 Å². The highest BCUT2D eigenvalue weighted by Gasteiger charge is 2.41. The van der Waals surface area contributed by atoms with E-state index >= 15 is 0 Å². The van der Waals surface area contributed by atoms with Crippen molar-refractivity contribution < 1.29 is 28.2 Å². The molecule has 42 heavy (non-hydrogen) atoms. The summed E-state index contributed by atoms with van der Waals surface area (Å²) in [5.74, 6) is -1.69. The van der Waals surface area contributed by atoms with E-state index in [4.69, 9.17) is 9.73 Å². The number of piperazine rings is 1. The molecule has 1 aliphatic heterocycles. The molecule has 3 aromatic rings. The van der Waals surface area contributed by atoms with Gasteiger partial charge in [-0.15, -0.1) is 0 Å². The summed E-state index contributed by atoms with van der Waals surface area (Å²) in [6.07, 6.45) is -1.98. The molecule has 0 spiro atoms. The van der Waals surface area contributed by atoms with Crippen LogP contribution >= 0.6 is 0 Å². The SMILES string of the molecule is CC(=O)N1CCN(C(=O)OC(C)(C)C)[C@@H]([C@@H](O)[C@H](Cc2cc(F)cc(F)c2)N=C(c2ccccc2)c2ccccc2)C1. The monoisotopic (exact) mass is 577 g/mol. The molecule has 3 aromatic carbocycles. The van der Waals surface area contributed by atoms with Crippen molar-refractivity contribution in [1.29, 1.82) is 0 Å². The number of hydrogen-bond donors (Lipinski definition) is 1. The molecule has 2 amide bonds. The zero-order chi connectivity index (χ0) is 30.4. The van der Waals surface area contributed by atoms with Crippen LogP contribution in [0.15, 0.2) is 83.9 Å². The maximum Gasteiger partial charge on any atom is 0.410 e. The van der Waals surface area contributed by atoms with E-state index in [1.54, 1.807) is 25.7 Å². The number of hydrogen-bond acceptors (Lipinski definition) is 5. The highest BCUT2D eigenvalue weighted by molar-refractivity contribution is 6.13. The number of ether oxygens (including phenoxy) is 1. The first kappa shape index (κ1) is 30.8. The molecule has 0 bridgehead atoms. The Morgan fingerprint density at radius 2 is 1.50 bits per heavy atom. The standard InChI is InChI=1S/C33H37F2N3O4/c1-22(39)37-15-16-38(32(41)42-33(2,3)4)29(21-37)31(40)28(19-23-17-26(34)20-27(35)18-23)36-30(24-11-7-5-8-12-24)25-13-9-6-10-14-25/h5-14,17-18,20,28-29,31,40H,15-16,19,21H2,1-4H3/t28-,29+,31-/m0/s1. The number of aliphatic imine (C=N–C) groups is 1. The fraction of sp³-hybridized carbons (Fsp3) is 0.364. The molecular formula is C33H37F2N3O4. The number of aliphatic hydroxyl groups is 1. The van der Waals surface area contributed by atoms with Crippen molar-refractivity contribution in [2.45, 2.75) is 57.9 Å². The lowest BCUT2D eigenvalue weighted by atomic mass is 9.93. The van der Waals surface area contributed by atoms with Gasteiger partial charge in [-0.2, -0.15) is 0 Å². The Labute approximate surface area is 245 Å². The van der Waals surface area contributed by atoms with Gasteiger partial charge in [0.2, 0.25) is 5.91 Å². The number of rotatable bonds is 7. The van der Waals surface area contributed by atoms with Gasteiger partial charge in [0.15, 0.2) is 0 Å². The lowest BCUT2D eigenvalue weighted by molar-refractivity contribution is -0.133. The van der Waals surface area contributed by atoms with Crippen LogP contribution in [-0.2, 0) is 16.0 Å². The minimum atomic E-state index is -1.33. The molecule has 0 unspecified atom stereocenters. The van der Waals surface area contributed by atoms with E-state index in [0.29, 0.717) is 11.3 Å². The maximum absolute atomic E-state index is 14.2. The lowest BCUT2D eigenvalue weighted by Crippen LogP contribution is -2.62. The van der Waals surface area contributed by atoms with E-state index in [1.165, 1.54) is 24.0 Å². The normalized spacial score (nSPS) is 16.9. The molecular weight excluding hydrogens is 540 g/mol. The van der Waals surface area contributed by atoms with Gasteiger partial charge in [0.05, 0.1) is 23.9 Å². The van der Waals surface area contributed by atoms with Crippen LogP contribution in [0.3, 0.4) is 0 Å². The molecule has 0 saturated carbocycles. The first-order valence-corrected chi connectivity index (χ1v) is 14.0. The summed E-state index contributed by atoms with van der Waals surface area (Å²) in [7, 11) is 0. The first-order valence-electron chi connectivity index (χ1n) is 14.0. The Morgan fingerprint density at radius 3 is 2.00 bits per heavy atom. The average molecular weight is 578 g/mol. The number of aliphatic hydroxyl groups excluding tert-OH is 1. The molecule has 222 valence electrons. The average Bonchev–Trinajstić information content (AvgIpc) is 2.94. The van der Waals surface area contributed by atoms with Crippen LogP contribution in [0.1, 0.15) is 44.4 Å². The molecule has 7 nitrogen and oxygen atoms in total. The fourth-order valence-electron chi connectivity index (χ4n) is 5.08. The largest absolute Gasteiger partial charge is 0.444 e. The summed E-state index contributed by atoms with van der Waals surface area (Å²) >= 11 is 0. The van der Waals surface area contributed by atoms with Crippen LogP contribution in [0.4, 0.5) is 13.6 Å². The maximum atomic E-state index is 14.2. The van der Waals surface area contributed by atoms with Crippen molar-refractivity contribution >= 4 is 17.7 Å². The third-order valence-corrected chi connectivity index (χ3v) is 7.04. The first-order chi connectivity index (χ1) is 19.9. The Hall–Kier alpha value is -4.11. The Morgan fingerprint density at radius 1 is 0.952 bits per heavy atom. The topological polar surface area (TPSA) is 82.4 Å². The number of amides is 2. The summed E-state index contributed by atoms with van der Waals surface area (Å²) in [5, 5.41) is 12.0. The van der Waals surface area contributed by atoms with Crippen LogP contribution in [0.5, 0.6) is 0 Å². The highest BCUT2D eigenvalue weighted by Crippen LogP contribution is 2.25. The second-order valence-electron chi connectivity index (χ2n) is 11.5. The molecule has 1 aliphatic rings. The second kappa shape index (κ2) is 13.2. The second-order valence-corrected chi connectivity index (χ2v) is 11.5. The van der Waals surface area contributed by atoms with Crippen molar-refractivity contribution in [2.24, 2.45) is 4.99 Å². The van der Waals surface area contributed by atoms with E-state index in [1.807, 2.05) is 60.7 Å². The molecule has 0 radical (unpaired) electrons. The van der Waals surface area contributed by atoms with Gasteiger partial charge in [0.25, 0.3) is 0 Å². The predicted molar refractivity (Wildman–Crippen MR) is 157 cm³/mol. The van der Waals surface area contributed by atoms with Gasteiger partial charge in [0.1, 0.15) is 17.2 Å². The van der Waals surface area contributed by atoms with Crippen LogP contribution in [-0.4, -0.2) is 76.0 Å². The summed E-state index contributed by atoms with van der Waals surface area (Å²) in [4.78, 5) is 33.7. The lowest BCUT2D eigenvalue weighted by Gasteiger charge is -2.44. The number of benzene rings is 3. The zero-order valence-corrected chi connectivity index (χ0v) is 24.3. The van der Waals surface area contributed by atoms with Crippen molar-refractivity contribution in [2.75, 3.05) is 19.6 Å². The minimum Gasteiger partial charge on any atom is -0.444 e. The molecule has 1 heterocycles. The fourth-order valence-corrected chi connectivity index (χ4v) is 5.08. The molecule has 3 atom stereocenters. The minimum absolute atomic E-state index is 0.0300. The summed E-state index contributed by atoms with van der Waals surface area (Å²) in [5.41, 5.74) is 1.65. The van der Waals surface area contributed by atoms with Gasteiger partial charge in [-0.25, -0.2) is 13.6 Å². The third-order valence-electron chi connectivity index (χ3n) is 7.04. The third kappa shape index (κ3) is 8.00. The van der Waals surface area contributed by atoms with E-state index in [2.05, 4.69) is 0 Å². The summed E-state index contributed by atoms with van der Waals surface area (Å²) < 4.78 is 34.1. The predicted octanol–water partition coefficient (Wildman–Crippen LogP) is 5.24. The zero-order valence-electron chi connectivity index (χ0n) is 24.3.